The SMILES string of the molecule is Clc1ccc2nnc(-c3cccnc3)n2c1. The highest BCUT2D eigenvalue weighted by Gasteiger charge is 2.07. The van der Waals surface area contributed by atoms with Gasteiger partial charge in [0.1, 0.15) is 0 Å². The van der Waals surface area contributed by atoms with Crippen LogP contribution in [-0.4, -0.2) is 19.6 Å². The number of fused-ring (bicyclic) bond motifs is 1. The average Bonchev–Trinajstić information content (AvgIpc) is 2.73. The summed E-state index contributed by atoms with van der Waals surface area (Å²) in [5.41, 5.74) is 1.68. The smallest absolute Gasteiger partial charge is 0.169 e. The summed E-state index contributed by atoms with van der Waals surface area (Å²) in [6, 6.07) is 7.42. The molecule has 0 saturated carbocycles. The highest BCUT2D eigenvalue weighted by atomic mass is 35.5. The van der Waals surface area contributed by atoms with E-state index in [1.165, 1.54) is 0 Å². The van der Waals surface area contributed by atoms with Crippen LogP contribution < -0.4 is 0 Å². The minimum atomic E-state index is 0.650. The topological polar surface area (TPSA) is 43.1 Å². The van der Waals surface area contributed by atoms with Crippen molar-refractivity contribution >= 4 is 17.2 Å². The van der Waals surface area contributed by atoms with E-state index in [4.69, 9.17) is 11.6 Å². The zero-order valence-electron chi connectivity index (χ0n) is 8.21. The minimum absolute atomic E-state index is 0.650. The van der Waals surface area contributed by atoms with Crippen LogP contribution in [0.25, 0.3) is 17.0 Å². The zero-order valence-corrected chi connectivity index (χ0v) is 8.96. The summed E-state index contributed by atoms with van der Waals surface area (Å²) >= 11 is 5.94. The Morgan fingerprint density at radius 1 is 1.12 bits per heavy atom. The third-order valence-electron chi connectivity index (χ3n) is 2.29. The lowest BCUT2D eigenvalue weighted by atomic mass is 10.3. The summed E-state index contributed by atoms with van der Waals surface area (Å²) in [4.78, 5) is 4.06. The number of nitrogens with zero attached hydrogens (tertiary/aromatic N) is 4. The van der Waals surface area contributed by atoms with Crippen molar-refractivity contribution in [3.63, 3.8) is 0 Å². The van der Waals surface area contributed by atoms with Gasteiger partial charge in [0.2, 0.25) is 0 Å². The van der Waals surface area contributed by atoms with E-state index in [9.17, 15) is 0 Å². The molecule has 0 bridgehead atoms. The number of pyridine rings is 2. The van der Waals surface area contributed by atoms with Gasteiger partial charge in [-0.15, -0.1) is 10.2 Å². The second-order valence-electron chi connectivity index (χ2n) is 3.34. The Balaban J connectivity index is 2.29. The maximum atomic E-state index is 5.94. The molecule has 16 heavy (non-hydrogen) atoms. The highest BCUT2D eigenvalue weighted by molar-refractivity contribution is 6.30. The van der Waals surface area contributed by atoms with E-state index in [2.05, 4.69) is 15.2 Å². The van der Waals surface area contributed by atoms with E-state index in [-0.39, 0.29) is 0 Å². The Labute approximate surface area is 96.5 Å². The number of hydrogen-bond donors (Lipinski definition) is 0. The van der Waals surface area contributed by atoms with Crippen LogP contribution >= 0.6 is 11.6 Å². The Hall–Kier alpha value is -1.94. The van der Waals surface area contributed by atoms with Crippen molar-refractivity contribution < 1.29 is 0 Å². The summed E-state index contributed by atoms with van der Waals surface area (Å²) in [7, 11) is 0. The van der Waals surface area contributed by atoms with Gasteiger partial charge in [0, 0.05) is 24.2 Å². The molecule has 0 spiro atoms. The summed E-state index contributed by atoms with van der Waals surface area (Å²) in [5.74, 6) is 0.741. The van der Waals surface area contributed by atoms with Crippen molar-refractivity contribution in [2.75, 3.05) is 0 Å². The molecule has 0 radical (unpaired) electrons. The molecule has 0 aliphatic heterocycles. The van der Waals surface area contributed by atoms with Gasteiger partial charge < -0.3 is 0 Å². The summed E-state index contributed by atoms with van der Waals surface area (Å²) in [6.07, 6.45) is 5.26. The Morgan fingerprint density at radius 2 is 2.06 bits per heavy atom. The van der Waals surface area contributed by atoms with Gasteiger partial charge in [0.05, 0.1) is 5.02 Å². The standard InChI is InChI=1S/C11H7ClN4/c12-9-3-4-10-14-15-11(16(10)7-9)8-2-1-5-13-6-8/h1-7H. The van der Waals surface area contributed by atoms with Gasteiger partial charge in [0.15, 0.2) is 11.5 Å². The second-order valence-corrected chi connectivity index (χ2v) is 3.78. The third kappa shape index (κ3) is 1.44. The molecule has 0 amide bonds. The molecule has 0 aliphatic rings. The molecule has 0 unspecified atom stereocenters. The van der Waals surface area contributed by atoms with Gasteiger partial charge >= 0.3 is 0 Å². The summed E-state index contributed by atoms with van der Waals surface area (Å²) in [6.45, 7) is 0. The number of halogens is 1. The first-order valence-corrected chi connectivity index (χ1v) is 5.13. The molecule has 3 rings (SSSR count). The molecule has 0 aliphatic carbocycles. The van der Waals surface area contributed by atoms with Crippen molar-refractivity contribution in [2.24, 2.45) is 0 Å². The van der Waals surface area contributed by atoms with E-state index in [1.54, 1.807) is 24.7 Å². The maximum absolute atomic E-state index is 5.94. The van der Waals surface area contributed by atoms with Crippen LogP contribution in [-0.2, 0) is 0 Å². The molecule has 3 aromatic heterocycles. The van der Waals surface area contributed by atoms with Crippen LogP contribution in [0.2, 0.25) is 5.02 Å². The Bertz CT molecular complexity index is 633. The number of aromatic nitrogens is 4. The molecule has 0 atom stereocenters. The van der Waals surface area contributed by atoms with E-state index in [1.807, 2.05) is 22.6 Å². The maximum Gasteiger partial charge on any atom is 0.169 e. The molecular formula is C11H7ClN4. The van der Waals surface area contributed by atoms with Crippen molar-refractivity contribution in [3.8, 4) is 11.4 Å². The molecule has 0 saturated heterocycles. The fraction of sp³-hybridized carbons (Fsp3) is 0. The van der Waals surface area contributed by atoms with E-state index in [0.29, 0.717) is 5.02 Å². The molecule has 0 aromatic carbocycles. The van der Waals surface area contributed by atoms with Crippen LogP contribution in [0.4, 0.5) is 0 Å². The van der Waals surface area contributed by atoms with Gasteiger partial charge in [-0.25, -0.2) is 0 Å². The molecular weight excluding hydrogens is 224 g/mol. The monoisotopic (exact) mass is 230 g/mol. The van der Waals surface area contributed by atoms with Crippen LogP contribution in [0.5, 0.6) is 0 Å². The Morgan fingerprint density at radius 3 is 2.88 bits per heavy atom. The lowest BCUT2D eigenvalue weighted by Crippen LogP contribution is -1.89. The van der Waals surface area contributed by atoms with Gasteiger partial charge in [-0.05, 0) is 24.3 Å². The summed E-state index contributed by atoms with van der Waals surface area (Å²) < 4.78 is 1.85. The van der Waals surface area contributed by atoms with E-state index in [0.717, 1.165) is 17.0 Å². The minimum Gasteiger partial charge on any atom is -0.281 e. The van der Waals surface area contributed by atoms with Crippen molar-refractivity contribution in [1.29, 1.82) is 0 Å². The normalized spacial score (nSPS) is 10.8. The van der Waals surface area contributed by atoms with E-state index < -0.39 is 0 Å². The lowest BCUT2D eigenvalue weighted by molar-refractivity contribution is 1.11. The largest absolute Gasteiger partial charge is 0.281 e. The first-order chi connectivity index (χ1) is 7.84. The molecule has 3 aromatic rings. The zero-order chi connectivity index (χ0) is 11.0. The van der Waals surface area contributed by atoms with Crippen LogP contribution in [0.1, 0.15) is 0 Å². The van der Waals surface area contributed by atoms with Gasteiger partial charge in [-0.3, -0.25) is 9.38 Å². The van der Waals surface area contributed by atoms with Crippen molar-refractivity contribution in [3.05, 3.63) is 47.9 Å². The molecule has 0 N–H and O–H groups in total. The number of hydrogen-bond acceptors (Lipinski definition) is 3. The second kappa shape index (κ2) is 3.57. The predicted octanol–water partition coefficient (Wildman–Crippen LogP) is 2.44. The lowest BCUT2D eigenvalue weighted by Gasteiger charge is -1.99. The molecule has 5 heteroatoms. The van der Waals surface area contributed by atoms with Crippen LogP contribution in [0, 0.1) is 0 Å². The van der Waals surface area contributed by atoms with Gasteiger partial charge in [-0.2, -0.15) is 0 Å². The predicted molar refractivity (Wildman–Crippen MR) is 61.2 cm³/mol. The fourth-order valence-corrected chi connectivity index (χ4v) is 1.72. The van der Waals surface area contributed by atoms with Crippen molar-refractivity contribution in [1.82, 2.24) is 19.6 Å². The Kier molecular flexibility index (Phi) is 2.08. The van der Waals surface area contributed by atoms with Crippen LogP contribution in [0.3, 0.4) is 0 Å². The third-order valence-corrected chi connectivity index (χ3v) is 2.51. The van der Waals surface area contributed by atoms with E-state index >= 15 is 0 Å². The highest BCUT2D eigenvalue weighted by Crippen LogP contribution is 2.18. The molecule has 78 valence electrons. The van der Waals surface area contributed by atoms with Gasteiger partial charge in [-0.1, -0.05) is 11.6 Å². The molecule has 0 fully saturated rings. The van der Waals surface area contributed by atoms with Crippen molar-refractivity contribution in [2.45, 2.75) is 0 Å². The molecule has 4 nitrogen and oxygen atoms in total. The first kappa shape index (κ1) is 9.30. The molecule has 3 heterocycles. The quantitative estimate of drug-likeness (QED) is 0.645. The van der Waals surface area contributed by atoms with Crippen LogP contribution in [0.15, 0.2) is 42.9 Å². The first-order valence-electron chi connectivity index (χ1n) is 4.75. The average molecular weight is 231 g/mol. The summed E-state index contributed by atoms with van der Waals surface area (Å²) in [5, 5.41) is 8.83. The van der Waals surface area contributed by atoms with Gasteiger partial charge in [0.25, 0.3) is 0 Å². The number of rotatable bonds is 1. The fourth-order valence-electron chi connectivity index (χ4n) is 1.56.